The maximum absolute atomic E-state index is 11.4. The summed E-state index contributed by atoms with van der Waals surface area (Å²) in [6.07, 6.45) is 0. The number of rotatable bonds is 3. The molecule has 76 valence electrons. The van der Waals surface area contributed by atoms with Crippen LogP contribution in [0.3, 0.4) is 0 Å². The van der Waals surface area contributed by atoms with Crippen molar-refractivity contribution in [1.82, 2.24) is 5.32 Å². The summed E-state index contributed by atoms with van der Waals surface area (Å²) in [7, 11) is 0. The molecule has 0 spiro atoms. The van der Waals surface area contributed by atoms with Crippen LogP contribution in [0.4, 0.5) is 0 Å². The van der Waals surface area contributed by atoms with Gasteiger partial charge in [-0.2, -0.15) is 0 Å². The van der Waals surface area contributed by atoms with E-state index < -0.39 is 0 Å². The highest BCUT2D eigenvalue weighted by Gasteiger charge is 2.21. The van der Waals surface area contributed by atoms with E-state index in [1.54, 1.807) is 13.8 Å². The molecule has 0 aliphatic rings. The molecule has 1 amide bonds. The quantitative estimate of drug-likeness (QED) is 0.722. The zero-order chi connectivity index (χ0) is 10.6. The van der Waals surface area contributed by atoms with E-state index in [4.69, 9.17) is 0 Å². The van der Waals surface area contributed by atoms with Gasteiger partial charge in [-0.1, -0.05) is 34.6 Å². The van der Waals surface area contributed by atoms with E-state index in [9.17, 15) is 9.59 Å². The number of amides is 1. The van der Waals surface area contributed by atoms with Gasteiger partial charge in [0.05, 0.1) is 6.54 Å². The Morgan fingerprint density at radius 1 is 1.23 bits per heavy atom. The minimum absolute atomic E-state index is 0.0569. The Kier molecular flexibility index (Phi) is 4.11. The molecule has 3 heteroatoms. The smallest absolute Gasteiger partial charge is 0.222 e. The maximum atomic E-state index is 11.4. The summed E-state index contributed by atoms with van der Waals surface area (Å²) in [6, 6.07) is 0. The first-order chi connectivity index (χ1) is 5.75. The molecule has 0 aromatic rings. The molecule has 0 unspecified atom stereocenters. The standard InChI is InChI=1S/C10H19NO2/c1-7(2)9(13)11-6-8(12)10(3,4)5/h7H,6H2,1-5H3,(H,11,13). The monoisotopic (exact) mass is 185 g/mol. The molecule has 0 aliphatic heterocycles. The molecule has 0 heterocycles. The second kappa shape index (κ2) is 4.40. The number of carbonyl (C=O) groups excluding carboxylic acids is 2. The lowest BCUT2D eigenvalue weighted by Crippen LogP contribution is -2.37. The summed E-state index contributed by atoms with van der Waals surface area (Å²) in [5, 5.41) is 2.60. The summed E-state index contributed by atoms with van der Waals surface area (Å²) in [5.41, 5.74) is -0.371. The van der Waals surface area contributed by atoms with Crippen molar-refractivity contribution in [2.45, 2.75) is 34.6 Å². The predicted octanol–water partition coefficient (Wildman–Crippen LogP) is 1.37. The normalized spacial score (nSPS) is 11.5. The summed E-state index contributed by atoms with van der Waals surface area (Å²) in [4.78, 5) is 22.5. The predicted molar refractivity (Wildman–Crippen MR) is 52.3 cm³/mol. The first kappa shape index (κ1) is 12.1. The van der Waals surface area contributed by atoms with Crippen LogP contribution in [0.5, 0.6) is 0 Å². The van der Waals surface area contributed by atoms with Crippen LogP contribution in [0.25, 0.3) is 0 Å². The number of carbonyl (C=O) groups is 2. The molecular weight excluding hydrogens is 166 g/mol. The van der Waals surface area contributed by atoms with E-state index in [0.717, 1.165) is 0 Å². The van der Waals surface area contributed by atoms with Crippen LogP contribution in [-0.2, 0) is 9.59 Å². The van der Waals surface area contributed by atoms with Gasteiger partial charge in [0.25, 0.3) is 0 Å². The second-order valence-electron chi connectivity index (χ2n) is 4.55. The first-order valence-electron chi connectivity index (χ1n) is 4.56. The topological polar surface area (TPSA) is 46.2 Å². The van der Waals surface area contributed by atoms with Gasteiger partial charge in [0.15, 0.2) is 5.78 Å². The Morgan fingerprint density at radius 2 is 1.69 bits per heavy atom. The molecular formula is C10H19NO2. The van der Waals surface area contributed by atoms with Crippen LogP contribution in [-0.4, -0.2) is 18.2 Å². The van der Waals surface area contributed by atoms with E-state index in [1.165, 1.54) is 0 Å². The Balaban J connectivity index is 3.92. The van der Waals surface area contributed by atoms with Crippen molar-refractivity contribution in [3.8, 4) is 0 Å². The summed E-state index contributed by atoms with van der Waals surface area (Å²) in [5.74, 6) is -0.0770. The SMILES string of the molecule is CC(C)C(=O)NCC(=O)C(C)(C)C. The number of Topliss-reactive ketones (excluding diaryl/α,β-unsaturated/α-hetero) is 1. The lowest BCUT2D eigenvalue weighted by atomic mass is 9.91. The molecule has 3 nitrogen and oxygen atoms in total. The molecule has 0 aliphatic carbocycles. The van der Waals surface area contributed by atoms with Crippen LogP contribution >= 0.6 is 0 Å². The Hall–Kier alpha value is -0.860. The number of hydrogen-bond donors (Lipinski definition) is 1. The fourth-order valence-electron chi connectivity index (χ4n) is 0.637. The van der Waals surface area contributed by atoms with Gasteiger partial charge in [-0.05, 0) is 0 Å². The Morgan fingerprint density at radius 3 is 2.00 bits per heavy atom. The molecule has 0 saturated carbocycles. The molecule has 0 bridgehead atoms. The van der Waals surface area contributed by atoms with Gasteiger partial charge >= 0.3 is 0 Å². The molecule has 0 radical (unpaired) electrons. The third kappa shape index (κ3) is 4.65. The molecule has 13 heavy (non-hydrogen) atoms. The van der Waals surface area contributed by atoms with Gasteiger partial charge in [0.1, 0.15) is 0 Å². The number of hydrogen-bond acceptors (Lipinski definition) is 2. The number of nitrogens with one attached hydrogen (secondary N) is 1. The first-order valence-corrected chi connectivity index (χ1v) is 4.56. The van der Waals surface area contributed by atoms with Crippen molar-refractivity contribution < 1.29 is 9.59 Å². The van der Waals surface area contributed by atoms with Crippen molar-refractivity contribution in [3.63, 3.8) is 0 Å². The third-order valence-electron chi connectivity index (χ3n) is 1.78. The highest BCUT2D eigenvalue weighted by molar-refractivity contribution is 5.89. The molecule has 0 fully saturated rings. The van der Waals surface area contributed by atoms with Gasteiger partial charge in [-0.15, -0.1) is 0 Å². The van der Waals surface area contributed by atoms with Crippen LogP contribution < -0.4 is 5.32 Å². The van der Waals surface area contributed by atoms with Crippen LogP contribution in [0, 0.1) is 11.3 Å². The van der Waals surface area contributed by atoms with Crippen molar-refractivity contribution in [1.29, 1.82) is 0 Å². The van der Waals surface area contributed by atoms with Gasteiger partial charge in [0.2, 0.25) is 5.91 Å². The maximum Gasteiger partial charge on any atom is 0.222 e. The van der Waals surface area contributed by atoms with Gasteiger partial charge < -0.3 is 5.32 Å². The Bertz CT molecular complexity index is 201. The van der Waals surface area contributed by atoms with Crippen LogP contribution in [0.15, 0.2) is 0 Å². The fourth-order valence-corrected chi connectivity index (χ4v) is 0.637. The van der Waals surface area contributed by atoms with Crippen molar-refractivity contribution in [2.24, 2.45) is 11.3 Å². The molecule has 0 rings (SSSR count). The minimum atomic E-state index is -0.371. The lowest BCUT2D eigenvalue weighted by molar-refractivity contribution is -0.130. The minimum Gasteiger partial charge on any atom is -0.349 e. The second-order valence-corrected chi connectivity index (χ2v) is 4.55. The third-order valence-corrected chi connectivity index (χ3v) is 1.78. The van der Waals surface area contributed by atoms with E-state index in [-0.39, 0.29) is 29.6 Å². The van der Waals surface area contributed by atoms with Crippen LogP contribution in [0.2, 0.25) is 0 Å². The molecule has 0 saturated heterocycles. The summed E-state index contributed by atoms with van der Waals surface area (Å²) in [6.45, 7) is 9.28. The zero-order valence-corrected chi connectivity index (χ0v) is 9.10. The van der Waals surface area contributed by atoms with Gasteiger partial charge in [0, 0.05) is 11.3 Å². The number of ketones is 1. The van der Waals surface area contributed by atoms with E-state index in [2.05, 4.69) is 5.32 Å². The Labute approximate surface area is 79.9 Å². The van der Waals surface area contributed by atoms with Crippen LogP contribution in [0.1, 0.15) is 34.6 Å². The van der Waals surface area contributed by atoms with Gasteiger partial charge in [-0.3, -0.25) is 9.59 Å². The molecule has 0 aromatic heterocycles. The fraction of sp³-hybridized carbons (Fsp3) is 0.800. The van der Waals surface area contributed by atoms with Crippen molar-refractivity contribution >= 4 is 11.7 Å². The highest BCUT2D eigenvalue weighted by atomic mass is 16.2. The van der Waals surface area contributed by atoms with E-state index in [0.29, 0.717) is 0 Å². The average Bonchev–Trinajstić information content (AvgIpc) is 1.97. The average molecular weight is 185 g/mol. The zero-order valence-electron chi connectivity index (χ0n) is 9.10. The summed E-state index contributed by atoms with van der Waals surface area (Å²) >= 11 is 0. The van der Waals surface area contributed by atoms with E-state index >= 15 is 0 Å². The molecule has 0 atom stereocenters. The van der Waals surface area contributed by atoms with Crippen molar-refractivity contribution in [3.05, 3.63) is 0 Å². The molecule has 1 N–H and O–H groups in total. The largest absolute Gasteiger partial charge is 0.349 e. The lowest BCUT2D eigenvalue weighted by Gasteiger charge is -2.17. The van der Waals surface area contributed by atoms with E-state index in [1.807, 2.05) is 20.8 Å². The van der Waals surface area contributed by atoms with Crippen molar-refractivity contribution in [2.75, 3.05) is 6.54 Å². The summed E-state index contributed by atoms with van der Waals surface area (Å²) < 4.78 is 0. The highest BCUT2D eigenvalue weighted by Crippen LogP contribution is 2.13. The van der Waals surface area contributed by atoms with Gasteiger partial charge in [-0.25, -0.2) is 0 Å². The molecule has 0 aromatic carbocycles.